The van der Waals surface area contributed by atoms with Crippen LogP contribution in [0.25, 0.3) is 22.3 Å². The molecule has 0 fully saturated rings. The molecule has 1 N–H and O–H groups in total. The molecule has 0 radical (unpaired) electrons. The SMILES string of the molecule is CC(C)(C)c1ccc(OP(Oc2ccc(C(C)(C)C)cc2C(C)(C)C)c2ccc(-c3ccc([P+](O)(c4ccc(-c5ccc(P(=O)(Oc6ccc(C(C)(C)C)cc6C(C)(C)C)Oc6ccc(C(C)(C)C)cc6C(C)(C)C)cc5)cc4)c4ccc(C(C)(C)C)cc4C(C)(C)C)cc3)cc2)c(C(C)(C)C)c1. The van der Waals surface area contributed by atoms with Crippen molar-refractivity contribution in [3.8, 4) is 45.3 Å². The van der Waals surface area contributed by atoms with Crippen molar-refractivity contribution in [2.24, 2.45) is 0 Å². The maximum Gasteiger partial charge on any atom is 0.462 e. The standard InChI is InChI=1S/C94H122O6P3/c1-85(2,3)66-39-52-80(75(57-66)90(16,17)18)97-101(98-81-53-40-67(86(4,5)6)58-76(81)91(19,20)21)71-44-31-62(32-45-71)63-33-46-72(47-34-63)102(95,84-56-43-70(89(13,14)15)61-79(84)94(28,29)30)73-48-35-64(36-49-73)65-37-50-74(51-38-65)103(96,99-82-54-41-68(87(7,8)9)59-77(82)92(22,23)24)100-83-55-42-69(88(10,11)12)60-78(83)93(25,26)27/h31-61,95H,1-30H3/q+1. The Morgan fingerprint density at radius 3 is 0.806 bits per heavy atom. The fraction of sp³-hybridized carbons (Fsp3) is 0.426. The first-order valence-corrected chi connectivity index (χ1v) is 41.5. The first kappa shape index (κ1) is 80.3. The third-order valence-electron chi connectivity index (χ3n) is 19.8. The van der Waals surface area contributed by atoms with Crippen LogP contribution in [0.2, 0.25) is 0 Å². The summed E-state index contributed by atoms with van der Waals surface area (Å²) in [6.07, 6.45) is 0. The van der Waals surface area contributed by atoms with Crippen LogP contribution in [0.5, 0.6) is 23.0 Å². The summed E-state index contributed by atoms with van der Waals surface area (Å²) in [6.45, 7) is 66.7. The molecule has 1 atom stereocenters. The zero-order valence-corrected chi connectivity index (χ0v) is 70.9. The van der Waals surface area contributed by atoms with Gasteiger partial charge >= 0.3 is 16.0 Å². The highest BCUT2D eigenvalue weighted by molar-refractivity contribution is 7.91. The number of benzene rings is 9. The predicted molar refractivity (Wildman–Crippen MR) is 447 cm³/mol. The minimum Gasteiger partial charge on any atom is -0.435 e. The molecular formula is C94H122O6P3+. The average molecular weight is 1440 g/mol. The third-order valence-corrected chi connectivity index (χ3v) is 26.3. The summed E-state index contributed by atoms with van der Waals surface area (Å²) in [5.74, 6) is 2.69. The molecule has 548 valence electrons. The number of hydrogen-bond acceptors (Lipinski definition) is 6. The van der Waals surface area contributed by atoms with E-state index < -0.39 is 23.5 Å². The van der Waals surface area contributed by atoms with Gasteiger partial charge in [0.1, 0.15) is 38.9 Å². The smallest absolute Gasteiger partial charge is 0.435 e. The van der Waals surface area contributed by atoms with Crippen LogP contribution < -0.4 is 44.6 Å². The van der Waals surface area contributed by atoms with Crippen LogP contribution in [-0.2, 0) is 58.7 Å². The minimum absolute atomic E-state index is 0.0400. The van der Waals surface area contributed by atoms with Gasteiger partial charge in [0.15, 0.2) is 0 Å². The molecule has 9 aromatic rings. The second-order valence-corrected chi connectivity index (χ2v) is 45.1. The summed E-state index contributed by atoms with van der Waals surface area (Å²) in [5.41, 5.74) is 13.4. The number of rotatable bonds is 15. The molecule has 0 aliphatic rings. The molecule has 0 aromatic heterocycles. The van der Waals surface area contributed by atoms with Crippen molar-refractivity contribution in [2.75, 3.05) is 0 Å². The lowest BCUT2D eigenvalue weighted by Crippen LogP contribution is -2.36. The van der Waals surface area contributed by atoms with E-state index >= 15 is 4.57 Å². The highest BCUT2D eigenvalue weighted by Gasteiger charge is 2.48. The molecule has 0 amide bonds. The van der Waals surface area contributed by atoms with E-state index in [1.807, 2.05) is 36.4 Å². The minimum atomic E-state index is -4.18. The van der Waals surface area contributed by atoms with Crippen molar-refractivity contribution in [3.05, 3.63) is 244 Å². The Bertz CT molecular complexity index is 4390. The van der Waals surface area contributed by atoms with Gasteiger partial charge in [-0.1, -0.05) is 317 Å². The molecule has 0 saturated carbocycles. The summed E-state index contributed by atoms with van der Waals surface area (Å²) in [6, 6.07) is 66.0. The molecular weight excluding hydrogens is 1320 g/mol. The van der Waals surface area contributed by atoms with Crippen molar-refractivity contribution >= 4 is 50.0 Å². The van der Waals surface area contributed by atoms with Gasteiger partial charge in [0.25, 0.3) is 0 Å². The Balaban J connectivity index is 1.11. The number of hydrogen-bond donors (Lipinski definition) is 1. The molecule has 0 heterocycles. The maximum atomic E-state index is 16.2. The molecule has 103 heavy (non-hydrogen) atoms. The zero-order chi connectivity index (χ0) is 76.6. The monoisotopic (exact) mass is 1440 g/mol. The summed E-state index contributed by atoms with van der Waals surface area (Å²) in [5, 5.41) is 4.01. The van der Waals surface area contributed by atoms with Gasteiger partial charge < -0.3 is 18.1 Å². The summed E-state index contributed by atoms with van der Waals surface area (Å²) < 4.78 is 44.7. The van der Waals surface area contributed by atoms with Gasteiger partial charge in [-0.2, -0.15) is 0 Å². The van der Waals surface area contributed by atoms with Crippen LogP contribution in [0, 0.1) is 0 Å². The second kappa shape index (κ2) is 28.5. The van der Waals surface area contributed by atoms with Gasteiger partial charge in [0.2, 0.25) is 7.49 Å². The third kappa shape index (κ3) is 18.4. The second-order valence-electron chi connectivity index (χ2n) is 39.0. The van der Waals surface area contributed by atoms with Crippen molar-refractivity contribution in [1.82, 2.24) is 0 Å². The molecule has 0 bridgehead atoms. The van der Waals surface area contributed by atoms with Crippen molar-refractivity contribution in [2.45, 2.75) is 262 Å². The van der Waals surface area contributed by atoms with E-state index in [9.17, 15) is 4.89 Å². The summed E-state index contributed by atoms with van der Waals surface area (Å²) >= 11 is 0. The fourth-order valence-corrected chi connectivity index (χ4v) is 19.0. The van der Waals surface area contributed by atoms with Gasteiger partial charge in [-0.15, -0.1) is 0 Å². The molecule has 9 aromatic carbocycles. The molecule has 9 rings (SSSR count). The van der Waals surface area contributed by atoms with Crippen molar-refractivity contribution < 1.29 is 27.6 Å². The Morgan fingerprint density at radius 1 is 0.282 bits per heavy atom. The van der Waals surface area contributed by atoms with Crippen LogP contribution in [0.3, 0.4) is 0 Å². The summed E-state index contributed by atoms with van der Waals surface area (Å²) in [4.78, 5) is 14.2. The predicted octanol–water partition coefficient (Wildman–Crippen LogP) is 25.3. The fourth-order valence-electron chi connectivity index (χ4n) is 13.0. The van der Waals surface area contributed by atoms with Crippen LogP contribution in [0.15, 0.2) is 188 Å². The van der Waals surface area contributed by atoms with E-state index in [4.69, 9.17) is 18.1 Å². The Labute approximate surface area is 624 Å². The Kier molecular flexibility index (Phi) is 22.2. The average Bonchev–Trinajstić information content (AvgIpc) is 1.63. The molecule has 0 spiro atoms. The van der Waals surface area contributed by atoms with Gasteiger partial charge in [0.05, 0.1) is 10.6 Å². The van der Waals surface area contributed by atoms with Gasteiger partial charge in [0, 0.05) is 27.8 Å². The first-order valence-electron chi connectivity index (χ1n) is 37.0. The van der Waals surface area contributed by atoms with Gasteiger partial charge in [-0.05, 0) is 183 Å². The molecule has 0 saturated heterocycles. The van der Waals surface area contributed by atoms with Crippen LogP contribution in [-0.4, -0.2) is 4.89 Å². The lowest BCUT2D eigenvalue weighted by Gasteiger charge is -2.31. The molecule has 0 aliphatic heterocycles. The van der Waals surface area contributed by atoms with Crippen molar-refractivity contribution in [3.63, 3.8) is 0 Å². The molecule has 0 aliphatic carbocycles. The normalized spacial score (nSPS) is 14.0. The van der Waals surface area contributed by atoms with Crippen molar-refractivity contribution in [1.29, 1.82) is 0 Å². The lowest BCUT2D eigenvalue weighted by atomic mass is 9.80. The molecule has 9 heteroatoms. The quantitative estimate of drug-likeness (QED) is 0.103. The van der Waals surface area contributed by atoms with E-state index in [2.05, 4.69) is 359 Å². The van der Waals surface area contributed by atoms with Crippen LogP contribution >= 0.6 is 23.5 Å². The van der Waals surface area contributed by atoms with E-state index in [1.54, 1.807) is 0 Å². The van der Waals surface area contributed by atoms with E-state index in [0.29, 0.717) is 16.8 Å². The molecule has 1 unspecified atom stereocenters. The highest BCUT2D eigenvalue weighted by atomic mass is 31.2. The highest BCUT2D eigenvalue weighted by Crippen LogP contribution is 2.56. The summed E-state index contributed by atoms with van der Waals surface area (Å²) in [7, 11) is -9.23. The topological polar surface area (TPSA) is 74.2 Å². The van der Waals surface area contributed by atoms with Gasteiger partial charge in [-0.25, -0.2) is 9.46 Å². The zero-order valence-electron chi connectivity index (χ0n) is 68.2. The molecule has 6 nitrogen and oxygen atoms in total. The largest absolute Gasteiger partial charge is 0.462 e. The maximum absolute atomic E-state index is 16.2. The van der Waals surface area contributed by atoms with E-state index in [0.717, 1.165) is 82.8 Å². The van der Waals surface area contributed by atoms with Crippen LogP contribution in [0.4, 0.5) is 0 Å². The Hall–Kier alpha value is -6.77. The van der Waals surface area contributed by atoms with Crippen LogP contribution in [0.1, 0.15) is 263 Å². The first-order chi connectivity index (χ1) is 47.1. The Morgan fingerprint density at radius 2 is 0.524 bits per heavy atom. The van der Waals surface area contributed by atoms with E-state index in [1.165, 1.54) is 27.8 Å². The van der Waals surface area contributed by atoms with Gasteiger partial charge in [-0.3, -0.25) is 0 Å². The van der Waals surface area contributed by atoms with E-state index in [-0.39, 0.29) is 54.1 Å². The lowest BCUT2D eigenvalue weighted by molar-refractivity contribution is 0.387.